The Morgan fingerprint density at radius 3 is 2.46 bits per heavy atom. The maximum Gasteiger partial charge on any atom is 0.407 e. The molecule has 0 aliphatic carbocycles. The third-order valence-corrected chi connectivity index (χ3v) is 5.17. The topological polar surface area (TPSA) is 146 Å². The lowest BCUT2D eigenvalue weighted by Crippen LogP contribution is -2.33. The number of urea groups is 1. The van der Waals surface area contributed by atoms with Crippen LogP contribution in [0.3, 0.4) is 0 Å². The summed E-state index contributed by atoms with van der Waals surface area (Å²) in [5, 5.41) is 11.0. The van der Waals surface area contributed by atoms with Gasteiger partial charge in [-0.1, -0.05) is 36.4 Å². The number of ether oxygens (including phenoxy) is 2. The second kappa shape index (κ2) is 13.9. The molecule has 0 aliphatic heterocycles. The molecule has 0 atom stereocenters. The number of benzene rings is 2. The van der Waals surface area contributed by atoms with Crippen molar-refractivity contribution in [3.8, 4) is 16.9 Å². The average Bonchev–Trinajstić information content (AvgIpc) is 2.87. The number of nitrogens with one attached hydrogen (secondary N) is 5. The molecule has 0 fully saturated rings. The molecule has 0 unspecified atom stereocenters. The van der Waals surface area contributed by atoms with Crippen molar-refractivity contribution in [1.82, 2.24) is 20.6 Å². The normalized spacial score (nSPS) is 11.0. The molecule has 11 nitrogen and oxygen atoms in total. The molecular formula is C27H33FN6O5. The Hall–Kier alpha value is -4.45. The van der Waals surface area contributed by atoms with Crippen molar-refractivity contribution in [2.75, 3.05) is 30.6 Å². The Kier molecular flexibility index (Phi) is 10.4. The molecule has 0 radical (unpaired) electrons. The Morgan fingerprint density at radius 2 is 1.77 bits per heavy atom. The number of aromatic nitrogens is 2. The SMILES string of the molecule is CC(C)(C)OC(=O)NCCCNCc1ccc(-c2cnc(NC(=O)Nc3ccccc3OCF)[nH]c2=O)cc1. The van der Waals surface area contributed by atoms with E-state index < -0.39 is 30.1 Å². The van der Waals surface area contributed by atoms with Crippen LogP contribution in [0, 0.1) is 0 Å². The van der Waals surface area contributed by atoms with Gasteiger partial charge in [-0.3, -0.25) is 15.1 Å². The van der Waals surface area contributed by atoms with Gasteiger partial charge in [0.2, 0.25) is 12.8 Å². The number of rotatable bonds is 11. The van der Waals surface area contributed by atoms with E-state index in [9.17, 15) is 18.8 Å². The fourth-order valence-corrected chi connectivity index (χ4v) is 3.43. The first-order valence-corrected chi connectivity index (χ1v) is 12.4. The monoisotopic (exact) mass is 540 g/mol. The number of hydrogen-bond donors (Lipinski definition) is 5. The Morgan fingerprint density at radius 1 is 1.03 bits per heavy atom. The molecule has 3 amide bonds. The van der Waals surface area contributed by atoms with Gasteiger partial charge in [-0.15, -0.1) is 0 Å². The van der Waals surface area contributed by atoms with Crippen molar-refractivity contribution in [2.24, 2.45) is 0 Å². The third-order valence-electron chi connectivity index (χ3n) is 5.17. The first kappa shape index (κ1) is 29.1. The second-order valence-corrected chi connectivity index (χ2v) is 9.46. The molecule has 12 heteroatoms. The van der Waals surface area contributed by atoms with Gasteiger partial charge in [0.25, 0.3) is 5.56 Å². The number of halogens is 1. The molecule has 0 saturated carbocycles. The van der Waals surface area contributed by atoms with Crippen molar-refractivity contribution in [1.29, 1.82) is 0 Å². The van der Waals surface area contributed by atoms with Gasteiger partial charge >= 0.3 is 12.1 Å². The van der Waals surface area contributed by atoms with Crippen LogP contribution in [0.4, 0.5) is 25.6 Å². The largest absolute Gasteiger partial charge is 0.461 e. The van der Waals surface area contributed by atoms with Gasteiger partial charge in [-0.25, -0.2) is 19.0 Å². The number of H-pyrrole nitrogens is 1. The van der Waals surface area contributed by atoms with E-state index >= 15 is 0 Å². The van der Waals surface area contributed by atoms with Crippen molar-refractivity contribution >= 4 is 23.8 Å². The number of para-hydroxylation sites is 2. The molecule has 0 spiro atoms. The number of anilines is 2. The number of carbonyl (C=O) groups is 2. The molecule has 3 aromatic rings. The highest BCUT2D eigenvalue weighted by molar-refractivity contribution is 5.99. The Bertz CT molecular complexity index is 1310. The number of alkyl halides is 1. The number of nitrogens with zero attached hydrogens (tertiary/aromatic N) is 1. The lowest BCUT2D eigenvalue weighted by atomic mass is 10.1. The first-order valence-electron chi connectivity index (χ1n) is 12.4. The average molecular weight is 541 g/mol. The molecule has 0 saturated heterocycles. The molecule has 0 bridgehead atoms. The maximum absolute atomic E-state index is 12.6. The van der Waals surface area contributed by atoms with Crippen LogP contribution in [-0.4, -0.2) is 47.6 Å². The quantitative estimate of drug-likeness (QED) is 0.227. The van der Waals surface area contributed by atoms with E-state index in [1.807, 2.05) is 45.0 Å². The third kappa shape index (κ3) is 9.74. The number of alkyl carbamates (subject to hydrolysis) is 1. The van der Waals surface area contributed by atoms with Crippen LogP contribution in [-0.2, 0) is 11.3 Å². The van der Waals surface area contributed by atoms with Crippen LogP contribution in [0.25, 0.3) is 11.1 Å². The lowest BCUT2D eigenvalue weighted by molar-refractivity contribution is 0.0527. The molecule has 2 aromatic carbocycles. The van der Waals surface area contributed by atoms with E-state index in [0.717, 1.165) is 12.0 Å². The smallest absolute Gasteiger partial charge is 0.407 e. The van der Waals surface area contributed by atoms with Gasteiger partial charge in [-0.05, 0) is 57.0 Å². The van der Waals surface area contributed by atoms with Gasteiger partial charge in [0.05, 0.1) is 11.3 Å². The van der Waals surface area contributed by atoms with Gasteiger partial charge in [0, 0.05) is 19.3 Å². The maximum atomic E-state index is 12.6. The van der Waals surface area contributed by atoms with E-state index in [1.165, 1.54) is 12.3 Å². The summed E-state index contributed by atoms with van der Waals surface area (Å²) in [4.78, 5) is 43.2. The van der Waals surface area contributed by atoms with E-state index in [0.29, 0.717) is 30.8 Å². The zero-order valence-electron chi connectivity index (χ0n) is 22.1. The summed E-state index contributed by atoms with van der Waals surface area (Å²) in [5.41, 5.74) is 1.35. The minimum Gasteiger partial charge on any atom is -0.461 e. The predicted molar refractivity (Wildman–Crippen MR) is 147 cm³/mol. The van der Waals surface area contributed by atoms with Crippen molar-refractivity contribution in [3.63, 3.8) is 0 Å². The number of hydrogen-bond acceptors (Lipinski definition) is 7. The van der Waals surface area contributed by atoms with Crippen LogP contribution in [0.2, 0.25) is 0 Å². The van der Waals surface area contributed by atoms with Gasteiger partial charge in [0.1, 0.15) is 11.4 Å². The molecule has 0 aliphatic rings. The lowest BCUT2D eigenvalue weighted by Gasteiger charge is -2.19. The number of carbonyl (C=O) groups excluding carboxylic acids is 2. The highest BCUT2D eigenvalue weighted by atomic mass is 19.1. The van der Waals surface area contributed by atoms with Gasteiger partial charge in [0.15, 0.2) is 0 Å². The highest BCUT2D eigenvalue weighted by Crippen LogP contribution is 2.24. The molecule has 1 aromatic heterocycles. The molecule has 3 rings (SSSR count). The van der Waals surface area contributed by atoms with E-state index in [1.54, 1.807) is 18.2 Å². The van der Waals surface area contributed by atoms with Gasteiger partial charge in [-0.2, -0.15) is 0 Å². The summed E-state index contributed by atoms with van der Waals surface area (Å²) in [5.74, 6) is 0.118. The molecule has 39 heavy (non-hydrogen) atoms. The summed E-state index contributed by atoms with van der Waals surface area (Å²) < 4.78 is 22.5. The molecule has 5 N–H and O–H groups in total. The molecule has 208 valence electrons. The zero-order chi connectivity index (χ0) is 28.3. The molecule has 1 heterocycles. The van der Waals surface area contributed by atoms with Crippen molar-refractivity contribution in [3.05, 3.63) is 70.6 Å². The van der Waals surface area contributed by atoms with Gasteiger partial charge < -0.3 is 25.4 Å². The minimum atomic E-state index is -1.04. The first-order chi connectivity index (χ1) is 18.6. The zero-order valence-corrected chi connectivity index (χ0v) is 22.1. The van der Waals surface area contributed by atoms with Crippen LogP contribution in [0.1, 0.15) is 32.8 Å². The fraction of sp³-hybridized carbons (Fsp3) is 0.333. The van der Waals surface area contributed by atoms with Crippen molar-refractivity contribution in [2.45, 2.75) is 39.3 Å². The van der Waals surface area contributed by atoms with E-state index in [4.69, 9.17) is 9.47 Å². The molecular weight excluding hydrogens is 507 g/mol. The summed E-state index contributed by atoms with van der Waals surface area (Å²) in [6.45, 7) is 6.24. The Labute approximate surface area is 225 Å². The van der Waals surface area contributed by atoms with E-state index in [-0.39, 0.29) is 17.4 Å². The van der Waals surface area contributed by atoms with Crippen LogP contribution in [0.15, 0.2) is 59.5 Å². The van der Waals surface area contributed by atoms with E-state index in [2.05, 4.69) is 31.2 Å². The second-order valence-electron chi connectivity index (χ2n) is 9.46. The number of aromatic amines is 1. The predicted octanol–water partition coefficient (Wildman–Crippen LogP) is 4.39. The summed E-state index contributed by atoms with van der Waals surface area (Å²) in [7, 11) is 0. The number of amides is 3. The highest BCUT2D eigenvalue weighted by Gasteiger charge is 2.15. The summed E-state index contributed by atoms with van der Waals surface area (Å²) in [6, 6.07) is 13.1. The van der Waals surface area contributed by atoms with Crippen LogP contribution < -0.4 is 31.6 Å². The van der Waals surface area contributed by atoms with Crippen LogP contribution in [0.5, 0.6) is 5.75 Å². The van der Waals surface area contributed by atoms with Crippen LogP contribution >= 0.6 is 0 Å². The van der Waals surface area contributed by atoms with Crippen molar-refractivity contribution < 1.29 is 23.5 Å². The standard InChI is InChI=1S/C27H33FN6O5/c1-27(2,3)39-26(37)30-14-6-13-29-15-18-9-11-19(12-10-18)20-16-31-24(33-23(20)35)34-25(36)32-21-7-4-5-8-22(21)38-17-28/h4-5,7-12,16,29H,6,13-15,17H2,1-3H3,(H,30,37)(H3,31,32,33,34,35,36). The summed E-state index contributed by atoms with van der Waals surface area (Å²) >= 11 is 0. The minimum absolute atomic E-state index is 0.0490. The Balaban J connectivity index is 1.47. The fourth-order valence-electron chi connectivity index (χ4n) is 3.43. The summed E-state index contributed by atoms with van der Waals surface area (Å²) in [6.07, 6.45) is 1.69.